The van der Waals surface area contributed by atoms with E-state index in [0.717, 1.165) is 16.8 Å². The molecule has 2 heterocycles. The van der Waals surface area contributed by atoms with Crippen molar-refractivity contribution in [2.75, 3.05) is 17.7 Å². The Morgan fingerprint density at radius 2 is 1.74 bits per heavy atom. The molecule has 0 aliphatic carbocycles. The Balaban J connectivity index is 0.00000289. The van der Waals surface area contributed by atoms with E-state index in [4.69, 9.17) is 27.9 Å². The molecule has 1 aliphatic heterocycles. The molecule has 7 nitrogen and oxygen atoms in total. The molecule has 0 spiro atoms. The number of methoxy groups -OCH3 is 1. The Morgan fingerprint density at radius 1 is 1.03 bits per heavy atom. The average Bonchev–Trinajstić information content (AvgIpc) is 3.26. The van der Waals surface area contributed by atoms with Crippen molar-refractivity contribution in [3.8, 4) is 5.75 Å². The molecule has 1 aromatic heterocycles. The lowest BCUT2D eigenvalue weighted by atomic mass is 10.0. The van der Waals surface area contributed by atoms with Gasteiger partial charge in [0, 0.05) is 21.3 Å². The second-order valence-electron chi connectivity index (χ2n) is 7.56. The summed E-state index contributed by atoms with van der Waals surface area (Å²) in [6, 6.07) is 21.5. The van der Waals surface area contributed by atoms with Crippen molar-refractivity contribution in [2.24, 2.45) is 0 Å². The lowest BCUT2D eigenvalue weighted by Gasteiger charge is -2.24. The van der Waals surface area contributed by atoms with Crippen LogP contribution in [0.15, 0.2) is 78.9 Å². The molecule has 4 aromatic rings. The third-order valence-corrected chi connectivity index (χ3v) is 6.02. The fraction of sp³-hybridized carbons (Fsp3) is 0.0800. The Bertz CT molecular complexity index is 1390. The molecular formula is C25H20Cl3N5O2. The van der Waals surface area contributed by atoms with Crippen molar-refractivity contribution < 1.29 is 9.53 Å². The maximum atomic E-state index is 12.7. The number of ether oxygens (including phenoxy) is 1. The van der Waals surface area contributed by atoms with Crippen molar-refractivity contribution in [3.63, 3.8) is 0 Å². The van der Waals surface area contributed by atoms with Gasteiger partial charge in [-0.3, -0.25) is 10.1 Å². The fourth-order valence-corrected chi connectivity index (χ4v) is 4.07. The normalized spacial score (nSPS) is 14.1. The summed E-state index contributed by atoms with van der Waals surface area (Å²) in [7, 11) is 1.57. The van der Waals surface area contributed by atoms with E-state index in [0.29, 0.717) is 27.3 Å². The molecule has 1 atom stereocenters. The minimum atomic E-state index is -0.338. The van der Waals surface area contributed by atoms with Crippen LogP contribution < -0.4 is 15.4 Å². The quantitative estimate of drug-likeness (QED) is 0.317. The van der Waals surface area contributed by atoms with Crippen LogP contribution >= 0.6 is 35.6 Å². The van der Waals surface area contributed by atoms with E-state index in [2.05, 4.69) is 20.7 Å². The number of allylic oxidation sites excluding steroid dienone is 1. The number of aromatic nitrogens is 3. The van der Waals surface area contributed by atoms with Crippen molar-refractivity contribution in [3.05, 3.63) is 106 Å². The van der Waals surface area contributed by atoms with Crippen LogP contribution in [0.5, 0.6) is 5.75 Å². The van der Waals surface area contributed by atoms with E-state index in [1.54, 1.807) is 36.1 Å². The molecule has 2 N–H and O–H groups in total. The number of carbonyl (C=O) groups excluding carboxylic acids is 1. The van der Waals surface area contributed by atoms with Gasteiger partial charge in [0.05, 0.1) is 7.11 Å². The number of halogens is 3. The Kier molecular flexibility index (Phi) is 7.31. The van der Waals surface area contributed by atoms with Crippen molar-refractivity contribution in [2.45, 2.75) is 6.04 Å². The molecule has 35 heavy (non-hydrogen) atoms. The molecule has 0 bridgehead atoms. The number of rotatable bonds is 5. The smallest absolute Gasteiger partial charge is 0.258 e. The first-order valence-corrected chi connectivity index (χ1v) is 11.2. The van der Waals surface area contributed by atoms with Gasteiger partial charge >= 0.3 is 0 Å². The molecule has 0 saturated carbocycles. The molecule has 178 valence electrons. The maximum absolute atomic E-state index is 12.7. The number of hydrogen-bond donors (Lipinski definition) is 2. The van der Waals surface area contributed by atoms with Gasteiger partial charge in [-0.25, -0.2) is 4.68 Å². The molecule has 0 fully saturated rings. The van der Waals surface area contributed by atoms with Crippen molar-refractivity contribution >= 4 is 59.1 Å². The molecule has 1 amide bonds. The highest BCUT2D eigenvalue weighted by molar-refractivity contribution is 6.31. The second kappa shape index (κ2) is 10.4. The predicted octanol–water partition coefficient (Wildman–Crippen LogP) is 6.32. The molecule has 0 radical (unpaired) electrons. The van der Waals surface area contributed by atoms with Crippen LogP contribution in [0.2, 0.25) is 10.0 Å². The summed E-state index contributed by atoms with van der Waals surface area (Å²) in [5.41, 5.74) is 3.08. The van der Waals surface area contributed by atoms with Gasteiger partial charge in [-0.15, -0.1) is 17.5 Å². The maximum Gasteiger partial charge on any atom is 0.258 e. The summed E-state index contributed by atoms with van der Waals surface area (Å²) in [5, 5.41) is 11.9. The van der Waals surface area contributed by atoms with Crippen molar-refractivity contribution in [1.82, 2.24) is 14.8 Å². The zero-order chi connectivity index (χ0) is 23.7. The number of carbonyl (C=O) groups is 1. The van der Waals surface area contributed by atoms with Gasteiger partial charge in [0.1, 0.15) is 11.8 Å². The first-order chi connectivity index (χ1) is 16.5. The molecular weight excluding hydrogens is 509 g/mol. The monoisotopic (exact) mass is 527 g/mol. The molecule has 1 unspecified atom stereocenters. The van der Waals surface area contributed by atoms with Crippen LogP contribution in [-0.4, -0.2) is 27.8 Å². The topological polar surface area (TPSA) is 81.1 Å². The van der Waals surface area contributed by atoms with Crippen LogP contribution in [0, 0.1) is 0 Å². The zero-order valence-electron chi connectivity index (χ0n) is 18.4. The summed E-state index contributed by atoms with van der Waals surface area (Å²) < 4.78 is 6.85. The molecule has 0 saturated heterocycles. The van der Waals surface area contributed by atoms with Crippen LogP contribution in [0.3, 0.4) is 0 Å². The molecule has 3 aromatic carbocycles. The summed E-state index contributed by atoms with van der Waals surface area (Å²) in [6.45, 7) is 0. The van der Waals surface area contributed by atoms with E-state index in [1.807, 2.05) is 54.6 Å². The minimum Gasteiger partial charge on any atom is -0.497 e. The number of nitrogens with zero attached hydrogens (tertiary/aromatic N) is 3. The number of fused-ring (bicyclic) bond motifs is 1. The Hall–Kier alpha value is -3.52. The first kappa shape index (κ1) is 24.6. The number of nitrogens with one attached hydrogen (secondary N) is 2. The second-order valence-corrected chi connectivity index (χ2v) is 8.41. The highest BCUT2D eigenvalue weighted by Crippen LogP contribution is 2.36. The Labute approximate surface area is 218 Å². The average molecular weight is 529 g/mol. The van der Waals surface area contributed by atoms with Gasteiger partial charge < -0.3 is 10.1 Å². The lowest BCUT2D eigenvalue weighted by molar-refractivity contribution is 0.102. The summed E-state index contributed by atoms with van der Waals surface area (Å²) in [4.78, 5) is 17.3. The summed E-state index contributed by atoms with van der Waals surface area (Å²) in [6.07, 6.45) is 2.02. The molecule has 1 aliphatic rings. The van der Waals surface area contributed by atoms with Gasteiger partial charge in [-0.05, 0) is 59.7 Å². The van der Waals surface area contributed by atoms with Gasteiger partial charge in [0.15, 0.2) is 0 Å². The standard InChI is InChI=1S/C25H19Cl2N5O2.ClH/c1-34-18-12-8-16(9-13-18)23(33)29-24-30-25-28-21(15-6-10-17(26)11-7-15)14-22(32(25)31-24)19-4-2-3-5-20(19)27;/h2-14,22H,1H3,(H2,28,29,30,31,33);1H. The number of benzene rings is 3. The van der Waals surface area contributed by atoms with E-state index in [-0.39, 0.29) is 30.3 Å². The van der Waals surface area contributed by atoms with Gasteiger partial charge in [-0.2, -0.15) is 4.98 Å². The highest BCUT2D eigenvalue weighted by Gasteiger charge is 2.27. The van der Waals surface area contributed by atoms with Crippen molar-refractivity contribution in [1.29, 1.82) is 0 Å². The van der Waals surface area contributed by atoms with E-state index >= 15 is 0 Å². The predicted molar refractivity (Wildman–Crippen MR) is 141 cm³/mol. The number of hydrogen-bond acceptors (Lipinski definition) is 5. The van der Waals surface area contributed by atoms with Crippen LogP contribution in [0.4, 0.5) is 11.9 Å². The highest BCUT2D eigenvalue weighted by atomic mass is 35.5. The Morgan fingerprint density at radius 3 is 2.43 bits per heavy atom. The number of amides is 1. The number of anilines is 2. The minimum absolute atomic E-state index is 0. The summed E-state index contributed by atoms with van der Waals surface area (Å²) >= 11 is 12.6. The largest absolute Gasteiger partial charge is 0.497 e. The van der Waals surface area contributed by atoms with Crippen LogP contribution in [0.1, 0.15) is 27.5 Å². The third kappa shape index (κ3) is 5.12. The van der Waals surface area contributed by atoms with E-state index in [1.165, 1.54) is 0 Å². The lowest BCUT2D eigenvalue weighted by Crippen LogP contribution is -2.20. The van der Waals surface area contributed by atoms with Crippen LogP contribution in [-0.2, 0) is 0 Å². The van der Waals surface area contributed by atoms with Gasteiger partial charge in [0.25, 0.3) is 11.9 Å². The fourth-order valence-electron chi connectivity index (χ4n) is 3.70. The van der Waals surface area contributed by atoms with Gasteiger partial charge in [0.2, 0.25) is 5.95 Å². The van der Waals surface area contributed by atoms with E-state index < -0.39 is 0 Å². The summed E-state index contributed by atoms with van der Waals surface area (Å²) in [5.74, 6) is 0.985. The molecule has 10 heteroatoms. The molecule has 5 rings (SSSR count). The van der Waals surface area contributed by atoms with Gasteiger partial charge in [-0.1, -0.05) is 53.5 Å². The zero-order valence-corrected chi connectivity index (χ0v) is 20.7. The first-order valence-electron chi connectivity index (χ1n) is 10.4. The van der Waals surface area contributed by atoms with E-state index in [9.17, 15) is 4.79 Å². The third-order valence-electron chi connectivity index (χ3n) is 5.42. The van der Waals surface area contributed by atoms with Crippen LogP contribution in [0.25, 0.3) is 5.70 Å². The SMILES string of the molecule is COc1ccc(C(=O)Nc2nc3n(n2)C(c2ccccc2Cl)C=C(c2ccc(Cl)cc2)N3)cc1.Cl.